The van der Waals surface area contributed by atoms with Crippen LogP contribution in [0.15, 0.2) is 0 Å². The molecule has 132 valence electrons. The van der Waals surface area contributed by atoms with Crippen molar-refractivity contribution >= 4 is 11.9 Å². The predicted octanol–water partition coefficient (Wildman–Crippen LogP) is 1.36. The molecule has 2 atom stereocenters. The normalized spacial score (nSPS) is 24.0. The molecule has 0 radical (unpaired) electrons. The van der Waals surface area contributed by atoms with E-state index in [2.05, 4.69) is 0 Å². The largest absolute Gasteiger partial charge is 0.408 e. The number of nitrogens with one attached hydrogen (secondary N) is 1. The van der Waals surface area contributed by atoms with E-state index in [1.165, 1.54) is 0 Å². The van der Waals surface area contributed by atoms with Crippen LogP contribution >= 0.6 is 0 Å². The average molecular weight is 337 g/mol. The molecule has 0 aliphatic carbocycles. The molecule has 2 unspecified atom stereocenters. The summed E-state index contributed by atoms with van der Waals surface area (Å²) in [4.78, 5) is 26.5. The first-order valence-electron chi connectivity index (χ1n) is 7.82. The van der Waals surface area contributed by atoms with Crippen LogP contribution in [-0.2, 0) is 9.53 Å². The van der Waals surface area contributed by atoms with Crippen LogP contribution in [0.1, 0.15) is 26.2 Å². The van der Waals surface area contributed by atoms with Gasteiger partial charge in [-0.05, 0) is 19.8 Å². The van der Waals surface area contributed by atoms with E-state index in [1.54, 1.807) is 4.90 Å². The molecule has 3 amide bonds. The lowest BCUT2D eigenvalue weighted by molar-refractivity contribution is -0.160. The summed E-state index contributed by atoms with van der Waals surface area (Å²) in [5.74, 6) is -0.253. The van der Waals surface area contributed by atoms with E-state index in [1.807, 2.05) is 12.2 Å². The van der Waals surface area contributed by atoms with Gasteiger partial charge >= 0.3 is 12.2 Å². The van der Waals surface area contributed by atoms with E-state index in [0.29, 0.717) is 26.1 Å². The van der Waals surface area contributed by atoms with E-state index in [-0.39, 0.29) is 25.4 Å². The molecule has 23 heavy (non-hydrogen) atoms. The van der Waals surface area contributed by atoms with Crippen LogP contribution in [0.25, 0.3) is 0 Å². The molecule has 2 rings (SSSR count). The Morgan fingerprint density at radius 1 is 1.43 bits per heavy atom. The minimum absolute atomic E-state index is 0.190. The quantitative estimate of drug-likeness (QED) is 0.843. The molecule has 0 saturated carbocycles. The zero-order valence-corrected chi connectivity index (χ0v) is 13.1. The van der Waals surface area contributed by atoms with Gasteiger partial charge in [0.2, 0.25) is 5.91 Å². The predicted molar refractivity (Wildman–Crippen MR) is 75.8 cm³/mol. The first kappa shape index (κ1) is 17.8. The number of ether oxygens (including phenoxy) is 1. The maximum atomic E-state index is 13.1. The summed E-state index contributed by atoms with van der Waals surface area (Å²) in [5, 5.41) is 2.02. The van der Waals surface area contributed by atoms with Gasteiger partial charge in [-0.2, -0.15) is 13.2 Å². The molecule has 0 aromatic heterocycles. The van der Waals surface area contributed by atoms with Crippen molar-refractivity contribution in [3.8, 4) is 0 Å². The average Bonchev–Trinajstić information content (AvgIpc) is 2.98. The fourth-order valence-corrected chi connectivity index (χ4v) is 2.82. The van der Waals surface area contributed by atoms with Crippen LogP contribution in [-0.4, -0.2) is 72.8 Å². The maximum Gasteiger partial charge on any atom is 0.408 e. The first-order valence-corrected chi connectivity index (χ1v) is 7.82. The molecule has 0 bridgehead atoms. The first-order chi connectivity index (χ1) is 10.8. The van der Waals surface area contributed by atoms with E-state index in [4.69, 9.17) is 4.74 Å². The molecule has 2 fully saturated rings. The Balaban J connectivity index is 1.93. The Morgan fingerprint density at radius 2 is 2.17 bits per heavy atom. The van der Waals surface area contributed by atoms with Crippen molar-refractivity contribution in [1.29, 1.82) is 0 Å². The second-order valence-electron chi connectivity index (χ2n) is 5.81. The minimum Gasteiger partial charge on any atom is -0.378 e. The number of halogens is 3. The Labute approximate surface area is 132 Å². The molecule has 0 spiro atoms. The maximum absolute atomic E-state index is 13.1. The number of hydrogen-bond acceptors (Lipinski definition) is 3. The summed E-state index contributed by atoms with van der Waals surface area (Å²) < 4.78 is 44.6. The minimum atomic E-state index is -4.54. The number of likely N-dealkylation sites (N-methyl/N-ethyl adjacent to an activating group) is 1. The van der Waals surface area contributed by atoms with Crippen LogP contribution in [0.2, 0.25) is 0 Å². The summed E-state index contributed by atoms with van der Waals surface area (Å²) >= 11 is 0. The molecule has 9 heteroatoms. The number of piperazine rings is 1. The molecule has 1 N–H and O–H groups in total. The second kappa shape index (κ2) is 7.37. The van der Waals surface area contributed by atoms with Crippen LogP contribution in [0.3, 0.4) is 0 Å². The van der Waals surface area contributed by atoms with Gasteiger partial charge in [0, 0.05) is 32.7 Å². The molecular weight excluding hydrogens is 315 g/mol. The Hall–Kier alpha value is -1.51. The van der Waals surface area contributed by atoms with Crippen LogP contribution in [0.5, 0.6) is 0 Å². The number of nitrogens with zero attached hydrogens (tertiary/aromatic N) is 2. The highest BCUT2D eigenvalue weighted by molar-refractivity contribution is 5.85. The third-order valence-electron chi connectivity index (χ3n) is 4.20. The molecule has 6 nitrogen and oxygen atoms in total. The summed E-state index contributed by atoms with van der Waals surface area (Å²) in [6.45, 7) is 3.18. The number of carbonyl (C=O) groups is 2. The van der Waals surface area contributed by atoms with Crippen molar-refractivity contribution in [3.63, 3.8) is 0 Å². The van der Waals surface area contributed by atoms with Crippen molar-refractivity contribution < 1.29 is 27.5 Å². The summed E-state index contributed by atoms with van der Waals surface area (Å²) in [5.41, 5.74) is 0. The number of rotatable bonds is 4. The Bertz CT molecular complexity index is 439. The van der Waals surface area contributed by atoms with Crippen molar-refractivity contribution in [3.05, 3.63) is 0 Å². The van der Waals surface area contributed by atoms with Gasteiger partial charge in [-0.3, -0.25) is 4.79 Å². The van der Waals surface area contributed by atoms with Crippen molar-refractivity contribution in [1.82, 2.24) is 15.1 Å². The smallest absolute Gasteiger partial charge is 0.378 e. The number of carbonyl (C=O) groups excluding carboxylic acids is 2. The van der Waals surface area contributed by atoms with Crippen LogP contribution < -0.4 is 5.32 Å². The summed E-state index contributed by atoms with van der Waals surface area (Å²) in [6, 6.07) is -2.81. The van der Waals surface area contributed by atoms with E-state index in [9.17, 15) is 22.8 Å². The van der Waals surface area contributed by atoms with Gasteiger partial charge in [-0.15, -0.1) is 0 Å². The zero-order chi connectivity index (χ0) is 17.0. The Morgan fingerprint density at radius 3 is 2.70 bits per heavy atom. The van der Waals surface area contributed by atoms with Gasteiger partial charge in [-0.25, -0.2) is 4.79 Å². The molecule has 2 aliphatic rings. The standard InChI is InChI=1S/C14H22F3N3O3/c1-2-19-5-6-20(9-12(19)21)13(22)18-11(14(15,16)17)8-10-4-3-7-23-10/h10-11H,2-9H2,1H3,(H,18,22). The van der Waals surface area contributed by atoms with E-state index < -0.39 is 24.4 Å². The van der Waals surface area contributed by atoms with Gasteiger partial charge in [0.05, 0.1) is 6.10 Å². The third-order valence-corrected chi connectivity index (χ3v) is 4.20. The topological polar surface area (TPSA) is 61.9 Å². The van der Waals surface area contributed by atoms with Crippen molar-refractivity contribution in [2.45, 2.75) is 44.5 Å². The van der Waals surface area contributed by atoms with Gasteiger partial charge in [-0.1, -0.05) is 0 Å². The van der Waals surface area contributed by atoms with Crippen LogP contribution in [0, 0.1) is 0 Å². The molecule has 2 heterocycles. The van der Waals surface area contributed by atoms with Gasteiger partial charge < -0.3 is 19.9 Å². The highest BCUT2D eigenvalue weighted by Crippen LogP contribution is 2.27. The van der Waals surface area contributed by atoms with Crippen molar-refractivity contribution in [2.24, 2.45) is 0 Å². The molecule has 2 aliphatic heterocycles. The van der Waals surface area contributed by atoms with Gasteiger partial charge in [0.1, 0.15) is 12.6 Å². The lowest BCUT2D eigenvalue weighted by atomic mass is 10.1. The van der Waals surface area contributed by atoms with Crippen LogP contribution in [0.4, 0.5) is 18.0 Å². The SMILES string of the molecule is CCN1CCN(C(=O)NC(CC2CCCO2)C(F)(F)F)CC1=O. The number of amides is 3. The molecular formula is C14H22F3N3O3. The highest BCUT2D eigenvalue weighted by Gasteiger charge is 2.43. The molecule has 2 saturated heterocycles. The molecule has 0 aromatic rings. The Kier molecular flexibility index (Phi) is 5.72. The van der Waals surface area contributed by atoms with Crippen molar-refractivity contribution in [2.75, 3.05) is 32.8 Å². The number of hydrogen-bond donors (Lipinski definition) is 1. The third kappa shape index (κ3) is 4.73. The number of urea groups is 1. The molecule has 0 aromatic carbocycles. The fourth-order valence-electron chi connectivity index (χ4n) is 2.82. The van der Waals surface area contributed by atoms with Gasteiger partial charge in [0.15, 0.2) is 0 Å². The monoisotopic (exact) mass is 337 g/mol. The lowest BCUT2D eigenvalue weighted by Gasteiger charge is -2.35. The van der Waals surface area contributed by atoms with Gasteiger partial charge in [0.25, 0.3) is 0 Å². The zero-order valence-electron chi connectivity index (χ0n) is 13.1. The second-order valence-corrected chi connectivity index (χ2v) is 5.81. The summed E-state index contributed by atoms with van der Waals surface area (Å²) in [6.07, 6.45) is -4.03. The lowest BCUT2D eigenvalue weighted by Crippen LogP contribution is -2.58. The highest BCUT2D eigenvalue weighted by atomic mass is 19.4. The number of alkyl halides is 3. The fraction of sp³-hybridized carbons (Fsp3) is 0.857. The van der Waals surface area contributed by atoms with E-state index >= 15 is 0 Å². The van der Waals surface area contributed by atoms with E-state index in [0.717, 1.165) is 11.3 Å². The summed E-state index contributed by atoms with van der Waals surface area (Å²) in [7, 11) is 0.